The van der Waals surface area contributed by atoms with Gasteiger partial charge in [0.15, 0.2) is 0 Å². The summed E-state index contributed by atoms with van der Waals surface area (Å²) in [6, 6.07) is 0.548. The number of sulfone groups is 1. The molecule has 1 N–H and O–H groups in total. The van der Waals surface area contributed by atoms with Gasteiger partial charge in [-0.2, -0.15) is 0 Å². The van der Waals surface area contributed by atoms with Gasteiger partial charge in [0.05, 0.1) is 5.25 Å². The number of hydrogen-bond donors (Lipinski definition) is 1. The minimum absolute atomic E-state index is 0.0689. The van der Waals surface area contributed by atoms with E-state index in [4.69, 9.17) is 0 Å². The molecule has 2 saturated carbocycles. The summed E-state index contributed by atoms with van der Waals surface area (Å²) >= 11 is 0. The fourth-order valence-electron chi connectivity index (χ4n) is 4.29. The topological polar surface area (TPSA) is 46.2 Å². The zero-order chi connectivity index (χ0) is 14.8. The molecule has 0 spiro atoms. The van der Waals surface area contributed by atoms with Gasteiger partial charge in [0.25, 0.3) is 0 Å². The second kappa shape index (κ2) is 6.78. The fraction of sp³-hybridized carbons (Fsp3) is 1.00. The van der Waals surface area contributed by atoms with Gasteiger partial charge < -0.3 is 5.32 Å². The highest BCUT2D eigenvalue weighted by atomic mass is 32.2. The van der Waals surface area contributed by atoms with E-state index in [1.165, 1.54) is 31.9 Å². The first-order valence-corrected chi connectivity index (χ1v) is 10.3. The van der Waals surface area contributed by atoms with Gasteiger partial charge in [-0.1, -0.05) is 33.1 Å². The molecule has 0 amide bonds. The molecule has 0 heterocycles. The van der Waals surface area contributed by atoms with Crippen LogP contribution in [-0.2, 0) is 9.84 Å². The van der Waals surface area contributed by atoms with Crippen molar-refractivity contribution in [2.45, 2.75) is 70.1 Å². The summed E-state index contributed by atoms with van der Waals surface area (Å²) in [5.74, 6) is 2.16. The molecule has 0 bridgehead atoms. The second-order valence-corrected chi connectivity index (χ2v) is 9.62. The summed E-state index contributed by atoms with van der Waals surface area (Å²) < 4.78 is 23.7. The standard InChI is InChI=1S/C16H31NO2S/c1-12(2)17-11-14-7-5-9-16(14)13-6-4-8-15(10-13)20(3,18)19/h12-17H,4-11H2,1-3H3. The molecule has 0 saturated heterocycles. The lowest BCUT2D eigenvalue weighted by atomic mass is 9.75. The molecule has 0 aliphatic heterocycles. The minimum atomic E-state index is -2.85. The van der Waals surface area contributed by atoms with Crippen LogP contribution < -0.4 is 5.32 Å². The smallest absolute Gasteiger partial charge is 0.150 e. The highest BCUT2D eigenvalue weighted by Gasteiger charge is 2.38. The summed E-state index contributed by atoms with van der Waals surface area (Å²) in [6.45, 7) is 5.51. The number of rotatable bonds is 5. The zero-order valence-electron chi connectivity index (χ0n) is 13.3. The van der Waals surface area contributed by atoms with Crippen molar-refractivity contribution >= 4 is 9.84 Å². The first kappa shape index (κ1) is 16.3. The summed E-state index contributed by atoms with van der Waals surface area (Å²) in [7, 11) is -2.85. The molecule has 2 aliphatic carbocycles. The maximum Gasteiger partial charge on any atom is 0.150 e. The largest absolute Gasteiger partial charge is 0.314 e. The lowest BCUT2D eigenvalue weighted by Gasteiger charge is -2.35. The average molecular weight is 301 g/mol. The van der Waals surface area contributed by atoms with Crippen LogP contribution >= 0.6 is 0 Å². The van der Waals surface area contributed by atoms with E-state index in [1.807, 2.05) is 0 Å². The quantitative estimate of drug-likeness (QED) is 0.849. The van der Waals surface area contributed by atoms with Crippen molar-refractivity contribution in [2.24, 2.45) is 17.8 Å². The van der Waals surface area contributed by atoms with Crippen molar-refractivity contribution in [3.63, 3.8) is 0 Å². The van der Waals surface area contributed by atoms with Crippen LogP contribution in [0.25, 0.3) is 0 Å². The molecule has 0 aromatic heterocycles. The maximum absolute atomic E-state index is 11.8. The van der Waals surface area contributed by atoms with Crippen molar-refractivity contribution < 1.29 is 8.42 Å². The van der Waals surface area contributed by atoms with E-state index >= 15 is 0 Å². The van der Waals surface area contributed by atoms with E-state index in [0.29, 0.717) is 12.0 Å². The highest BCUT2D eigenvalue weighted by Crippen LogP contribution is 2.43. The highest BCUT2D eigenvalue weighted by molar-refractivity contribution is 7.91. The lowest BCUT2D eigenvalue weighted by Crippen LogP contribution is -2.36. The van der Waals surface area contributed by atoms with Crippen LogP contribution in [0.5, 0.6) is 0 Å². The normalized spacial score (nSPS) is 35.6. The Balaban J connectivity index is 1.95. The molecule has 4 unspecified atom stereocenters. The Morgan fingerprint density at radius 1 is 1.10 bits per heavy atom. The molecular weight excluding hydrogens is 270 g/mol. The molecule has 20 heavy (non-hydrogen) atoms. The first-order valence-electron chi connectivity index (χ1n) is 8.30. The van der Waals surface area contributed by atoms with Gasteiger partial charge in [-0.05, 0) is 50.0 Å². The minimum Gasteiger partial charge on any atom is -0.314 e. The van der Waals surface area contributed by atoms with E-state index in [0.717, 1.165) is 37.6 Å². The zero-order valence-corrected chi connectivity index (χ0v) is 14.1. The van der Waals surface area contributed by atoms with Crippen molar-refractivity contribution in [1.82, 2.24) is 5.32 Å². The molecule has 3 nitrogen and oxygen atoms in total. The van der Waals surface area contributed by atoms with Crippen LogP contribution in [-0.4, -0.2) is 32.5 Å². The van der Waals surface area contributed by atoms with E-state index in [1.54, 1.807) is 0 Å². The fourth-order valence-corrected chi connectivity index (χ4v) is 5.48. The van der Waals surface area contributed by atoms with Gasteiger partial charge in [0, 0.05) is 12.3 Å². The third kappa shape index (κ3) is 4.20. The van der Waals surface area contributed by atoms with Gasteiger partial charge in [-0.15, -0.1) is 0 Å². The number of nitrogens with one attached hydrogen (secondary N) is 1. The Morgan fingerprint density at radius 3 is 2.45 bits per heavy atom. The lowest BCUT2D eigenvalue weighted by molar-refractivity contribution is 0.198. The monoisotopic (exact) mass is 301 g/mol. The first-order chi connectivity index (χ1) is 9.38. The van der Waals surface area contributed by atoms with E-state index in [2.05, 4.69) is 19.2 Å². The predicted octanol–water partition coefficient (Wildman–Crippen LogP) is 3.00. The van der Waals surface area contributed by atoms with E-state index in [-0.39, 0.29) is 5.25 Å². The second-order valence-electron chi connectivity index (χ2n) is 7.30. The van der Waals surface area contributed by atoms with Crippen molar-refractivity contribution in [3.05, 3.63) is 0 Å². The van der Waals surface area contributed by atoms with Crippen LogP contribution in [0.3, 0.4) is 0 Å². The summed E-state index contributed by atoms with van der Waals surface area (Å²) in [5, 5.41) is 3.51. The molecule has 2 rings (SSSR count). The Bertz CT molecular complexity index is 405. The van der Waals surface area contributed by atoms with Crippen molar-refractivity contribution in [2.75, 3.05) is 12.8 Å². The maximum atomic E-state index is 11.8. The Hall–Kier alpha value is -0.0900. The Labute approximate surface area is 124 Å². The van der Waals surface area contributed by atoms with Crippen LogP contribution in [0.1, 0.15) is 58.8 Å². The van der Waals surface area contributed by atoms with E-state index < -0.39 is 9.84 Å². The molecular formula is C16H31NO2S. The molecule has 2 aliphatic rings. The molecule has 4 heteroatoms. The predicted molar refractivity (Wildman–Crippen MR) is 84.6 cm³/mol. The molecule has 2 fully saturated rings. The molecule has 0 aromatic rings. The van der Waals surface area contributed by atoms with Crippen LogP contribution in [0.2, 0.25) is 0 Å². The molecule has 4 atom stereocenters. The average Bonchev–Trinajstić information content (AvgIpc) is 2.83. The van der Waals surface area contributed by atoms with Crippen LogP contribution in [0, 0.1) is 17.8 Å². The molecule has 118 valence electrons. The summed E-state index contributed by atoms with van der Waals surface area (Å²) in [5.41, 5.74) is 0. The van der Waals surface area contributed by atoms with Gasteiger partial charge in [-0.25, -0.2) is 8.42 Å². The Kier molecular flexibility index (Phi) is 5.52. The summed E-state index contributed by atoms with van der Waals surface area (Å²) in [4.78, 5) is 0. The van der Waals surface area contributed by atoms with Gasteiger partial charge in [0.2, 0.25) is 0 Å². The summed E-state index contributed by atoms with van der Waals surface area (Å²) in [6.07, 6.45) is 9.54. The van der Waals surface area contributed by atoms with Crippen LogP contribution in [0.15, 0.2) is 0 Å². The molecule has 0 radical (unpaired) electrons. The van der Waals surface area contributed by atoms with Gasteiger partial charge in [0.1, 0.15) is 9.84 Å². The van der Waals surface area contributed by atoms with Crippen LogP contribution in [0.4, 0.5) is 0 Å². The number of hydrogen-bond acceptors (Lipinski definition) is 3. The van der Waals surface area contributed by atoms with Crippen molar-refractivity contribution in [3.8, 4) is 0 Å². The van der Waals surface area contributed by atoms with Gasteiger partial charge in [-0.3, -0.25) is 0 Å². The third-order valence-electron chi connectivity index (χ3n) is 5.38. The van der Waals surface area contributed by atoms with Gasteiger partial charge >= 0.3 is 0 Å². The van der Waals surface area contributed by atoms with E-state index in [9.17, 15) is 8.42 Å². The molecule has 0 aromatic carbocycles. The Morgan fingerprint density at radius 2 is 1.80 bits per heavy atom. The van der Waals surface area contributed by atoms with Crippen molar-refractivity contribution in [1.29, 1.82) is 0 Å². The SMILES string of the molecule is CC(C)NCC1CCCC1C1CCCC(S(C)(=O)=O)C1. The third-order valence-corrected chi connectivity index (χ3v) is 7.02.